The predicted octanol–water partition coefficient (Wildman–Crippen LogP) is 10.6. The third-order valence-corrected chi connectivity index (χ3v) is 17.4. The van der Waals surface area contributed by atoms with Gasteiger partial charge < -0.3 is 61.6 Å². The molecule has 5 saturated heterocycles. The normalized spacial score (nSPS) is 37.7. The molecular formula is C60H81N9O18. The summed E-state index contributed by atoms with van der Waals surface area (Å²) < 4.78 is 85.1. The minimum Gasteiger partial charge on any atom is -0.459 e. The zero-order chi connectivity index (χ0) is 62.3. The van der Waals surface area contributed by atoms with Crippen molar-refractivity contribution in [2.45, 2.75) is 199 Å². The molecule has 25 atom stereocenters. The van der Waals surface area contributed by atoms with E-state index in [4.69, 9.17) is 76.4 Å². The Morgan fingerprint density at radius 2 is 0.966 bits per heavy atom. The van der Waals surface area contributed by atoms with E-state index in [9.17, 15) is 26.2 Å². The molecule has 0 aromatic heterocycles. The molecule has 27 heteroatoms. The summed E-state index contributed by atoms with van der Waals surface area (Å²) in [5.41, 5.74) is 31.0. The zero-order valence-corrected chi connectivity index (χ0v) is 50.8. The maximum absolute atomic E-state index is 14.2. The number of ether oxygens (including phenoxy) is 13. The van der Waals surface area contributed by atoms with E-state index in [0.29, 0.717) is 6.42 Å². The van der Waals surface area contributed by atoms with Gasteiger partial charge in [0.05, 0.1) is 79.6 Å². The van der Waals surface area contributed by atoms with Crippen LogP contribution in [0.1, 0.15) is 101 Å². The molecule has 474 valence electrons. The van der Waals surface area contributed by atoms with Gasteiger partial charge in [0.2, 0.25) is 6.29 Å². The number of hydrogen-bond acceptors (Lipinski definition) is 21. The van der Waals surface area contributed by atoms with Crippen LogP contribution in [0, 0.1) is 35.5 Å². The molecule has 0 aliphatic carbocycles. The van der Waals surface area contributed by atoms with Crippen molar-refractivity contribution in [1.29, 1.82) is 0 Å². The van der Waals surface area contributed by atoms with E-state index < -0.39 is 140 Å². The van der Waals surface area contributed by atoms with Crippen LogP contribution in [0.4, 0.5) is 0 Å². The van der Waals surface area contributed by atoms with E-state index >= 15 is 0 Å². The fourth-order valence-electron chi connectivity index (χ4n) is 12.3. The Kier molecular flexibility index (Phi) is 24.6. The summed E-state index contributed by atoms with van der Waals surface area (Å²) in [5, 5.41) is 17.5. The molecule has 8 rings (SSSR count). The smallest absolute Gasteiger partial charge is 0.338 e. The maximum Gasteiger partial charge on any atom is 0.338 e. The molecule has 3 aromatic rings. The van der Waals surface area contributed by atoms with Crippen molar-refractivity contribution in [3.05, 3.63) is 139 Å². The third kappa shape index (κ3) is 15.9. The van der Waals surface area contributed by atoms with Gasteiger partial charge in [0.25, 0.3) is 0 Å². The Morgan fingerprint density at radius 3 is 1.53 bits per heavy atom. The molecule has 0 bridgehead atoms. The monoisotopic (exact) mass is 1220 g/mol. The highest BCUT2D eigenvalue weighted by molar-refractivity contribution is 5.89. The summed E-state index contributed by atoms with van der Waals surface area (Å²) in [6.07, 6.45) is -14.8. The first-order valence-corrected chi connectivity index (χ1v) is 29.6. The van der Waals surface area contributed by atoms with Gasteiger partial charge >= 0.3 is 11.9 Å². The van der Waals surface area contributed by atoms with Crippen molar-refractivity contribution in [2.75, 3.05) is 20.8 Å². The Labute approximate surface area is 505 Å². The lowest BCUT2D eigenvalue weighted by Gasteiger charge is -2.51. The van der Waals surface area contributed by atoms with Crippen molar-refractivity contribution in [2.24, 2.45) is 50.9 Å². The van der Waals surface area contributed by atoms with Gasteiger partial charge in [-0.05, 0) is 89.9 Å². The van der Waals surface area contributed by atoms with Crippen molar-refractivity contribution in [1.82, 2.24) is 0 Å². The lowest BCUT2D eigenvalue weighted by Crippen LogP contribution is -2.63. The van der Waals surface area contributed by atoms with Crippen LogP contribution in [0.5, 0.6) is 0 Å². The highest BCUT2D eigenvalue weighted by Crippen LogP contribution is 2.44. The Bertz CT molecular complexity index is 2810. The maximum atomic E-state index is 14.2. The average molecular weight is 1220 g/mol. The molecule has 87 heavy (non-hydrogen) atoms. The molecular weight excluding hydrogens is 1130 g/mol. The molecule has 0 amide bonds. The number of esters is 2. The van der Waals surface area contributed by atoms with Crippen LogP contribution >= 0.6 is 0 Å². The second kappa shape index (κ2) is 31.9. The first-order chi connectivity index (χ1) is 42.1. The molecule has 0 saturated carbocycles. The molecule has 0 spiro atoms. The van der Waals surface area contributed by atoms with Gasteiger partial charge in [0.15, 0.2) is 37.6 Å². The molecule has 0 radical (unpaired) electrons. The second-order valence-corrected chi connectivity index (χ2v) is 22.7. The number of methoxy groups -OCH3 is 1. The lowest BCUT2D eigenvalue weighted by molar-refractivity contribution is -0.562. The molecule has 5 fully saturated rings. The number of carbonyl (C=O) groups is 2. The number of carbonyl (C=O) groups excluding carboxylic acids is 2. The summed E-state index contributed by atoms with van der Waals surface area (Å²) in [7, 11) is 2.59. The second-order valence-electron chi connectivity index (χ2n) is 22.7. The summed E-state index contributed by atoms with van der Waals surface area (Å²) in [5.74, 6) is -4.04. The summed E-state index contributed by atoms with van der Waals surface area (Å²) >= 11 is 0. The highest BCUT2D eigenvalue weighted by Gasteiger charge is 2.57. The first-order valence-electron chi connectivity index (χ1n) is 29.6. The van der Waals surface area contributed by atoms with Gasteiger partial charge in [-0.15, -0.1) is 0 Å². The highest BCUT2D eigenvalue weighted by atomic mass is 17.5. The van der Waals surface area contributed by atoms with Crippen molar-refractivity contribution in [3.63, 3.8) is 0 Å². The van der Waals surface area contributed by atoms with Crippen LogP contribution in [-0.4, -0.2) is 150 Å². The predicted molar refractivity (Wildman–Crippen MR) is 306 cm³/mol. The first kappa shape index (κ1) is 66.9. The van der Waals surface area contributed by atoms with Gasteiger partial charge in [0, 0.05) is 33.7 Å². The molecule has 5 aliphatic heterocycles. The molecule has 5 aliphatic rings. The van der Waals surface area contributed by atoms with E-state index in [1.165, 1.54) is 14.2 Å². The van der Waals surface area contributed by atoms with Crippen LogP contribution in [0.15, 0.2) is 106 Å². The van der Waals surface area contributed by atoms with E-state index in [1.54, 1.807) is 74.5 Å². The molecule has 5 heterocycles. The van der Waals surface area contributed by atoms with Crippen molar-refractivity contribution < 1.29 is 86.0 Å². The number of benzene rings is 3. The summed E-state index contributed by atoms with van der Waals surface area (Å²) in [4.78, 5) is 47.6. The zero-order valence-electron chi connectivity index (χ0n) is 50.8. The SMILES string of the molecule is CCC1O[C@@H](O[C@@H]2C(C)O[C@@H](O[C@@H]3C(CC)O[C@H](O[C@@H]4C(OOOC)O[C@@H](O[C@@H]5C(COC(=O)c6ccccc6)O[C@H](OC)C(N=[N+]=[N-])[C@H]5C)C(OC(=O)c5ccccc5)[C@H]4C)C(N=[N+]=[N-])[C@H]3C)C(OCc3ccccc3)[C@H]2C)C(N=[N+]=[N-])[C@@H](C)[C@@H]1C. The summed E-state index contributed by atoms with van der Waals surface area (Å²) in [6.45, 7) is 17.1. The quantitative estimate of drug-likeness (QED) is 0.0190. The minimum atomic E-state index is -1.57. The van der Waals surface area contributed by atoms with Crippen LogP contribution in [0.3, 0.4) is 0 Å². The van der Waals surface area contributed by atoms with Crippen molar-refractivity contribution in [3.8, 4) is 0 Å². The Hall–Kier alpha value is -6.03. The lowest BCUT2D eigenvalue weighted by atomic mass is 9.81. The van der Waals surface area contributed by atoms with Crippen molar-refractivity contribution >= 4 is 11.9 Å². The Balaban J connectivity index is 1.07. The van der Waals surface area contributed by atoms with E-state index in [1.807, 2.05) is 65.0 Å². The van der Waals surface area contributed by atoms with Crippen LogP contribution < -0.4 is 0 Å². The van der Waals surface area contributed by atoms with Gasteiger partial charge in [0.1, 0.15) is 24.9 Å². The number of rotatable bonds is 25. The number of nitrogens with zero attached hydrogens (tertiary/aromatic N) is 9. The molecule has 10 unspecified atom stereocenters. The number of hydrogen-bond donors (Lipinski definition) is 0. The minimum absolute atomic E-state index is 0.0387. The van der Waals surface area contributed by atoms with E-state index in [0.717, 1.165) is 12.0 Å². The van der Waals surface area contributed by atoms with E-state index in [-0.39, 0.29) is 48.2 Å². The van der Waals surface area contributed by atoms with E-state index in [2.05, 4.69) is 43.9 Å². The summed E-state index contributed by atoms with van der Waals surface area (Å²) in [6, 6.07) is 23.6. The van der Waals surface area contributed by atoms with Crippen LogP contribution in [0.25, 0.3) is 31.3 Å². The molecule has 0 N–H and O–H groups in total. The van der Waals surface area contributed by atoms with Gasteiger partial charge in [-0.1, -0.05) is 143 Å². The Morgan fingerprint density at radius 1 is 0.483 bits per heavy atom. The third-order valence-electron chi connectivity index (χ3n) is 17.4. The fourth-order valence-corrected chi connectivity index (χ4v) is 12.3. The molecule has 3 aromatic carbocycles. The van der Waals surface area contributed by atoms with Gasteiger partial charge in [-0.2, -0.15) is 4.89 Å². The van der Waals surface area contributed by atoms with Crippen LogP contribution in [-0.2, 0) is 83.0 Å². The topological polar surface area (TPSA) is 328 Å². The molecule has 27 nitrogen and oxygen atoms in total. The number of azide groups is 3. The largest absolute Gasteiger partial charge is 0.459 e. The van der Waals surface area contributed by atoms with Gasteiger partial charge in [-0.3, -0.25) is 0 Å². The van der Waals surface area contributed by atoms with Crippen LogP contribution in [0.2, 0.25) is 0 Å². The van der Waals surface area contributed by atoms with Gasteiger partial charge in [-0.25, -0.2) is 14.5 Å². The fraction of sp³-hybridized carbons (Fsp3) is 0.667. The standard InChI is InChI=1S/C60H81N9O18/c1-12-41-31(3)32(4)44(64-67-61)56(77-41)81-47-35(7)50(74-29-38-23-17-14-18-24-38)58(76-37(47)9)82-48-34(6)46(66-69-63)57(78-42(48)13-2)84-52-36(8)51(80-54(71)40-27-21-16-22-28-40)59(85-60(52)86-87-73-11)83-49-33(5)45(65-68-62)55(72-10)79-43(49)30-75-53(70)39-25-19-15-20-26-39/h14-28,31-37,41-52,55-60H,12-13,29-30H2,1-11H3/t31-,32-,33+,34+,35-,36+,37?,41?,42?,43?,44?,45?,46?,47-,48-,49-,50?,51?,52-,55-,56-,57+,58-,59+,60?/m0/s1. The average Bonchev–Trinajstić information content (AvgIpc) is 2.01.